The lowest BCUT2D eigenvalue weighted by molar-refractivity contribution is -0.122. The van der Waals surface area contributed by atoms with Gasteiger partial charge < -0.3 is 11.1 Å². The van der Waals surface area contributed by atoms with Crippen LogP contribution in [0, 0.1) is 0 Å². The van der Waals surface area contributed by atoms with Crippen LogP contribution >= 0.6 is 0 Å². The standard InChI is InChI=1S/C15H26N4O2/c16-10-7-12-5-6-13(8-10)19(12)9-14(20)18-15(21)17-11-3-1-2-4-11/h10-13H,1-9,16H2,(H2,17,18,20,21). The zero-order valence-electron chi connectivity index (χ0n) is 12.5. The van der Waals surface area contributed by atoms with Crippen LogP contribution in [0.2, 0.25) is 0 Å². The first kappa shape index (κ1) is 14.8. The van der Waals surface area contributed by atoms with Gasteiger partial charge in [-0.15, -0.1) is 0 Å². The molecule has 0 aromatic heterocycles. The highest BCUT2D eigenvalue weighted by Crippen LogP contribution is 2.34. The Labute approximate surface area is 125 Å². The van der Waals surface area contributed by atoms with Gasteiger partial charge >= 0.3 is 6.03 Å². The first-order chi connectivity index (χ1) is 10.1. The summed E-state index contributed by atoms with van der Waals surface area (Å²) in [6, 6.07) is 1.01. The number of carbonyl (C=O) groups is 2. The van der Waals surface area contributed by atoms with Gasteiger partial charge in [-0.2, -0.15) is 0 Å². The third-order valence-corrected chi connectivity index (χ3v) is 5.19. The molecule has 6 nitrogen and oxygen atoms in total. The fraction of sp³-hybridized carbons (Fsp3) is 0.867. The van der Waals surface area contributed by atoms with E-state index in [9.17, 15) is 9.59 Å². The fourth-order valence-electron chi connectivity index (χ4n) is 4.20. The highest BCUT2D eigenvalue weighted by Gasteiger charge is 2.40. The van der Waals surface area contributed by atoms with Gasteiger partial charge in [-0.1, -0.05) is 12.8 Å². The number of rotatable bonds is 3. The molecule has 118 valence electrons. The van der Waals surface area contributed by atoms with E-state index >= 15 is 0 Å². The van der Waals surface area contributed by atoms with Crippen molar-refractivity contribution in [2.24, 2.45) is 5.73 Å². The van der Waals surface area contributed by atoms with Gasteiger partial charge in [0, 0.05) is 24.2 Å². The molecule has 2 aliphatic heterocycles. The van der Waals surface area contributed by atoms with Gasteiger partial charge in [-0.3, -0.25) is 15.0 Å². The minimum Gasteiger partial charge on any atom is -0.335 e. The van der Waals surface area contributed by atoms with Crippen LogP contribution in [-0.2, 0) is 4.79 Å². The lowest BCUT2D eigenvalue weighted by Gasteiger charge is -2.37. The summed E-state index contributed by atoms with van der Waals surface area (Å²) < 4.78 is 0. The lowest BCUT2D eigenvalue weighted by Crippen LogP contribution is -2.52. The highest BCUT2D eigenvalue weighted by molar-refractivity contribution is 5.95. The van der Waals surface area contributed by atoms with Crippen molar-refractivity contribution >= 4 is 11.9 Å². The Hall–Kier alpha value is -1.14. The zero-order chi connectivity index (χ0) is 14.8. The van der Waals surface area contributed by atoms with Crippen molar-refractivity contribution in [2.45, 2.75) is 75.5 Å². The molecule has 4 N–H and O–H groups in total. The summed E-state index contributed by atoms with van der Waals surface area (Å²) >= 11 is 0. The van der Waals surface area contributed by atoms with E-state index in [0.29, 0.717) is 18.6 Å². The van der Waals surface area contributed by atoms with Crippen LogP contribution in [0.1, 0.15) is 51.4 Å². The maximum atomic E-state index is 12.1. The molecule has 3 rings (SSSR count). The summed E-state index contributed by atoms with van der Waals surface area (Å²) in [5.41, 5.74) is 6.03. The molecule has 2 atom stereocenters. The quantitative estimate of drug-likeness (QED) is 0.715. The normalized spacial score (nSPS) is 33.1. The van der Waals surface area contributed by atoms with E-state index in [-0.39, 0.29) is 24.0 Å². The van der Waals surface area contributed by atoms with Gasteiger partial charge in [0.25, 0.3) is 0 Å². The van der Waals surface area contributed by atoms with Crippen molar-refractivity contribution in [3.8, 4) is 0 Å². The molecule has 2 saturated heterocycles. The molecule has 3 amide bonds. The second-order valence-corrected chi connectivity index (χ2v) is 6.79. The highest BCUT2D eigenvalue weighted by atomic mass is 16.2. The molecular formula is C15H26N4O2. The molecule has 0 radical (unpaired) electrons. The van der Waals surface area contributed by atoms with Gasteiger partial charge in [0.15, 0.2) is 0 Å². The van der Waals surface area contributed by atoms with Crippen LogP contribution in [0.25, 0.3) is 0 Å². The molecule has 21 heavy (non-hydrogen) atoms. The van der Waals surface area contributed by atoms with E-state index in [4.69, 9.17) is 5.73 Å². The Balaban J connectivity index is 1.45. The second kappa shape index (κ2) is 6.32. The SMILES string of the molecule is NC1CC2CCC(C1)N2CC(=O)NC(=O)NC1CCCC1. The molecular weight excluding hydrogens is 268 g/mol. The van der Waals surface area contributed by atoms with Gasteiger partial charge in [0.1, 0.15) is 0 Å². The molecule has 6 heteroatoms. The van der Waals surface area contributed by atoms with Crippen LogP contribution in [0.15, 0.2) is 0 Å². The van der Waals surface area contributed by atoms with Crippen LogP contribution in [0.3, 0.4) is 0 Å². The molecule has 0 spiro atoms. The number of amides is 3. The number of carbonyl (C=O) groups excluding carboxylic acids is 2. The number of fused-ring (bicyclic) bond motifs is 2. The van der Waals surface area contributed by atoms with E-state index in [1.54, 1.807) is 0 Å². The fourth-order valence-corrected chi connectivity index (χ4v) is 4.20. The van der Waals surface area contributed by atoms with E-state index in [1.165, 1.54) is 0 Å². The van der Waals surface area contributed by atoms with Crippen LogP contribution in [-0.4, -0.2) is 47.6 Å². The Bertz CT molecular complexity index is 394. The molecule has 2 heterocycles. The number of nitrogens with zero attached hydrogens (tertiary/aromatic N) is 1. The van der Waals surface area contributed by atoms with Crippen molar-refractivity contribution in [3.63, 3.8) is 0 Å². The first-order valence-electron chi connectivity index (χ1n) is 8.23. The maximum Gasteiger partial charge on any atom is 0.321 e. The largest absolute Gasteiger partial charge is 0.335 e. The summed E-state index contributed by atoms with van der Waals surface area (Å²) in [4.78, 5) is 26.1. The smallest absolute Gasteiger partial charge is 0.321 e. The Morgan fingerprint density at radius 3 is 2.29 bits per heavy atom. The van der Waals surface area contributed by atoms with Gasteiger partial charge in [0.2, 0.25) is 5.91 Å². The monoisotopic (exact) mass is 294 g/mol. The molecule has 0 aromatic carbocycles. The van der Waals surface area contributed by atoms with Crippen LogP contribution < -0.4 is 16.4 Å². The number of hydrogen-bond acceptors (Lipinski definition) is 4. The Kier molecular flexibility index (Phi) is 4.45. The molecule has 2 bridgehead atoms. The number of hydrogen-bond donors (Lipinski definition) is 3. The summed E-state index contributed by atoms with van der Waals surface area (Å²) in [6.45, 7) is 0.320. The number of urea groups is 1. The van der Waals surface area contributed by atoms with Crippen LogP contribution in [0.4, 0.5) is 4.79 Å². The Morgan fingerprint density at radius 2 is 1.67 bits per heavy atom. The zero-order valence-corrected chi connectivity index (χ0v) is 12.5. The van der Waals surface area contributed by atoms with E-state index in [2.05, 4.69) is 15.5 Å². The third kappa shape index (κ3) is 3.55. The predicted molar refractivity (Wildman–Crippen MR) is 79.7 cm³/mol. The van der Waals surface area contributed by atoms with Crippen molar-refractivity contribution < 1.29 is 9.59 Å². The third-order valence-electron chi connectivity index (χ3n) is 5.19. The van der Waals surface area contributed by atoms with Crippen molar-refractivity contribution in [3.05, 3.63) is 0 Å². The first-order valence-corrected chi connectivity index (χ1v) is 8.23. The van der Waals surface area contributed by atoms with E-state index in [1.807, 2.05) is 0 Å². The number of imide groups is 1. The van der Waals surface area contributed by atoms with E-state index < -0.39 is 0 Å². The molecule has 0 aromatic rings. The predicted octanol–water partition coefficient (Wildman–Crippen LogP) is 0.709. The lowest BCUT2D eigenvalue weighted by atomic mass is 9.98. The average Bonchev–Trinajstić information content (AvgIpc) is 2.97. The molecule has 1 aliphatic carbocycles. The second-order valence-electron chi connectivity index (χ2n) is 6.79. The topological polar surface area (TPSA) is 87.5 Å². The van der Waals surface area contributed by atoms with Gasteiger partial charge in [-0.05, 0) is 38.5 Å². The average molecular weight is 294 g/mol. The molecule has 3 aliphatic rings. The Morgan fingerprint density at radius 1 is 1.05 bits per heavy atom. The van der Waals surface area contributed by atoms with Crippen LogP contribution in [0.5, 0.6) is 0 Å². The van der Waals surface area contributed by atoms with Crippen molar-refractivity contribution in [1.29, 1.82) is 0 Å². The summed E-state index contributed by atoms with van der Waals surface area (Å²) in [6.07, 6.45) is 8.56. The minimum atomic E-state index is -0.340. The van der Waals surface area contributed by atoms with Gasteiger partial charge in [-0.25, -0.2) is 4.79 Å². The molecule has 2 unspecified atom stereocenters. The molecule has 1 saturated carbocycles. The molecule has 3 fully saturated rings. The van der Waals surface area contributed by atoms with Crippen molar-refractivity contribution in [1.82, 2.24) is 15.5 Å². The van der Waals surface area contributed by atoms with Gasteiger partial charge in [0.05, 0.1) is 6.54 Å². The summed E-state index contributed by atoms with van der Waals surface area (Å²) in [7, 11) is 0. The summed E-state index contributed by atoms with van der Waals surface area (Å²) in [5.74, 6) is -0.196. The number of nitrogens with two attached hydrogens (primary N) is 1. The number of nitrogens with one attached hydrogen (secondary N) is 2. The summed E-state index contributed by atoms with van der Waals surface area (Å²) in [5, 5.41) is 5.36. The number of piperidine rings is 1. The van der Waals surface area contributed by atoms with E-state index in [0.717, 1.165) is 51.4 Å². The maximum absolute atomic E-state index is 12.1. The minimum absolute atomic E-state index is 0.196. The van der Waals surface area contributed by atoms with Crippen molar-refractivity contribution in [2.75, 3.05) is 6.54 Å².